The zero-order valence-electron chi connectivity index (χ0n) is 10.3. The molecule has 0 spiro atoms. The van der Waals surface area contributed by atoms with Crippen LogP contribution in [0.5, 0.6) is 0 Å². The molecule has 1 fully saturated rings. The summed E-state index contributed by atoms with van der Waals surface area (Å²) in [6.07, 6.45) is 2.73. The largest absolute Gasteiger partial charge is 0.361 e. The van der Waals surface area contributed by atoms with Crippen LogP contribution >= 0.6 is 0 Å². The first-order valence-corrected chi connectivity index (χ1v) is 6.12. The van der Waals surface area contributed by atoms with Gasteiger partial charge in [-0.25, -0.2) is 0 Å². The predicted octanol–water partition coefficient (Wildman–Crippen LogP) is 1.48. The van der Waals surface area contributed by atoms with Gasteiger partial charge in [-0.3, -0.25) is 0 Å². The molecule has 0 aliphatic carbocycles. The molecule has 2 heterocycles. The van der Waals surface area contributed by atoms with Gasteiger partial charge in [0.05, 0.1) is 5.69 Å². The second-order valence-electron chi connectivity index (χ2n) is 4.53. The molecule has 1 aromatic heterocycles. The smallest absolute Gasteiger partial charge is 0.138 e. The second-order valence-corrected chi connectivity index (χ2v) is 4.53. The fourth-order valence-corrected chi connectivity index (χ4v) is 2.21. The lowest BCUT2D eigenvalue weighted by Crippen LogP contribution is -2.29. The topological polar surface area (TPSA) is 41.3 Å². The number of rotatable bonds is 5. The summed E-state index contributed by atoms with van der Waals surface area (Å²) in [5.74, 6) is 0.936. The van der Waals surface area contributed by atoms with E-state index < -0.39 is 0 Å². The van der Waals surface area contributed by atoms with E-state index in [-0.39, 0.29) is 0 Å². The molecule has 1 saturated heterocycles. The van der Waals surface area contributed by atoms with Crippen LogP contribution in [0.2, 0.25) is 0 Å². The first kappa shape index (κ1) is 11.6. The lowest BCUT2D eigenvalue weighted by molar-refractivity contribution is 0.335. The van der Waals surface area contributed by atoms with Crippen molar-refractivity contribution in [2.45, 2.75) is 33.2 Å². The Balaban J connectivity index is 1.67. The third kappa shape index (κ3) is 2.83. The molecule has 90 valence electrons. The van der Waals surface area contributed by atoms with Crippen molar-refractivity contribution in [3.63, 3.8) is 0 Å². The van der Waals surface area contributed by atoms with Crippen molar-refractivity contribution >= 4 is 0 Å². The zero-order valence-corrected chi connectivity index (χ0v) is 10.3. The second kappa shape index (κ2) is 5.46. The highest BCUT2D eigenvalue weighted by molar-refractivity contribution is 5.20. The highest BCUT2D eigenvalue weighted by Gasteiger charge is 2.11. The van der Waals surface area contributed by atoms with E-state index in [4.69, 9.17) is 4.52 Å². The Morgan fingerprint density at radius 3 is 2.69 bits per heavy atom. The Bertz CT molecular complexity index is 310. The molecule has 0 saturated carbocycles. The normalized spacial score (nSPS) is 17.1. The van der Waals surface area contributed by atoms with E-state index in [1.807, 2.05) is 13.8 Å². The molecular formula is C12H21N3O. The maximum atomic E-state index is 5.13. The number of hydrogen-bond acceptors (Lipinski definition) is 4. The van der Waals surface area contributed by atoms with Crippen molar-refractivity contribution in [1.29, 1.82) is 0 Å². The lowest BCUT2D eigenvalue weighted by Gasteiger charge is -2.14. The summed E-state index contributed by atoms with van der Waals surface area (Å²) in [7, 11) is 0. The molecular weight excluding hydrogens is 202 g/mol. The van der Waals surface area contributed by atoms with Crippen molar-refractivity contribution in [2.75, 3.05) is 26.2 Å². The molecule has 2 rings (SSSR count). The van der Waals surface area contributed by atoms with Gasteiger partial charge in [0.15, 0.2) is 0 Å². The van der Waals surface area contributed by atoms with Gasteiger partial charge in [-0.1, -0.05) is 5.16 Å². The number of likely N-dealkylation sites (tertiary alicyclic amines) is 1. The Labute approximate surface area is 97.0 Å². The highest BCUT2D eigenvalue weighted by Crippen LogP contribution is 2.11. The van der Waals surface area contributed by atoms with Gasteiger partial charge in [0.1, 0.15) is 5.76 Å². The van der Waals surface area contributed by atoms with Gasteiger partial charge in [0.25, 0.3) is 0 Å². The first-order chi connectivity index (χ1) is 7.77. The Hall–Kier alpha value is -0.870. The van der Waals surface area contributed by atoms with Gasteiger partial charge in [0.2, 0.25) is 0 Å². The third-order valence-electron chi connectivity index (χ3n) is 3.29. The van der Waals surface area contributed by atoms with E-state index in [1.165, 1.54) is 31.5 Å². The van der Waals surface area contributed by atoms with E-state index in [0.29, 0.717) is 0 Å². The predicted molar refractivity (Wildman–Crippen MR) is 63.4 cm³/mol. The monoisotopic (exact) mass is 223 g/mol. The van der Waals surface area contributed by atoms with Crippen LogP contribution in [0.4, 0.5) is 0 Å². The number of nitrogens with zero attached hydrogens (tertiary/aromatic N) is 2. The quantitative estimate of drug-likeness (QED) is 0.768. The fraction of sp³-hybridized carbons (Fsp3) is 0.750. The minimum atomic E-state index is 0.870. The van der Waals surface area contributed by atoms with E-state index in [1.54, 1.807) is 0 Å². The summed E-state index contributed by atoms with van der Waals surface area (Å²) < 4.78 is 5.13. The van der Waals surface area contributed by atoms with E-state index >= 15 is 0 Å². The van der Waals surface area contributed by atoms with Crippen LogP contribution < -0.4 is 5.32 Å². The average molecular weight is 223 g/mol. The van der Waals surface area contributed by atoms with Gasteiger partial charge in [-0.05, 0) is 39.8 Å². The standard InChI is InChI=1S/C12H21N3O/c1-10-12(11(2)16-14-10)9-13-5-8-15-6-3-4-7-15/h13H,3-9H2,1-2H3. The highest BCUT2D eigenvalue weighted by atomic mass is 16.5. The fourth-order valence-electron chi connectivity index (χ4n) is 2.21. The van der Waals surface area contributed by atoms with E-state index in [2.05, 4.69) is 15.4 Å². The van der Waals surface area contributed by atoms with Crippen LogP contribution in [-0.4, -0.2) is 36.2 Å². The number of aryl methyl sites for hydroxylation is 2. The van der Waals surface area contributed by atoms with Crippen molar-refractivity contribution in [1.82, 2.24) is 15.4 Å². The maximum Gasteiger partial charge on any atom is 0.138 e. The molecule has 4 nitrogen and oxygen atoms in total. The summed E-state index contributed by atoms with van der Waals surface area (Å²) in [5.41, 5.74) is 2.22. The molecule has 0 unspecified atom stereocenters. The van der Waals surface area contributed by atoms with Crippen LogP contribution in [0, 0.1) is 13.8 Å². The Kier molecular flexibility index (Phi) is 3.96. The Morgan fingerprint density at radius 2 is 2.06 bits per heavy atom. The molecule has 0 bridgehead atoms. The first-order valence-electron chi connectivity index (χ1n) is 6.12. The summed E-state index contributed by atoms with van der Waals surface area (Å²) >= 11 is 0. The van der Waals surface area contributed by atoms with Gasteiger partial charge in [-0.2, -0.15) is 0 Å². The van der Waals surface area contributed by atoms with E-state index in [9.17, 15) is 0 Å². The molecule has 4 heteroatoms. The van der Waals surface area contributed by atoms with Crippen LogP contribution in [0.15, 0.2) is 4.52 Å². The van der Waals surface area contributed by atoms with Gasteiger partial charge in [0, 0.05) is 25.2 Å². The summed E-state index contributed by atoms with van der Waals surface area (Å²) in [5, 5.41) is 7.40. The van der Waals surface area contributed by atoms with Gasteiger partial charge >= 0.3 is 0 Å². The molecule has 0 amide bonds. The molecule has 1 aromatic rings. The molecule has 1 aliphatic heterocycles. The number of nitrogens with one attached hydrogen (secondary N) is 1. The summed E-state index contributed by atoms with van der Waals surface area (Å²) in [6.45, 7) is 9.58. The molecule has 1 N–H and O–H groups in total. The Morgan fingerprint density at radius 1 is 1.31 bits per heavy atom. The minimum absolute atomic E-state index is 0.870. The summed E-state index contributed by atoms with van der Waals surface area (Å²) in [4.78, 5) is 2.51. The van der Waals surface area contributed by atoms with Crippen LogP contribution in [0.1, 0.15) is 29.9 Å². The molecule has 1 aliphatic rings. The van der Waals surface area contributed by atoms with Crippen molar-refractivity contribution in [3.05, 3.63) is 17.0 Å². The molecule has 0 atom stereocenters. The maximum absolute atomic E-state index is 5.13. The van der Waals surface area contributed by atoms with E-state index in [0.717, 1.165) is 31.1 Å². The number of hydrogen-bond donors (Lipinski definition) is 1. The van der Waals surface area contributed by atoms with Gasteiger partial charge in [-0.15, -0.1) is 0 Å². The van der Waals surface area contributed by atoms with Crippen molar-refractivity contribution in [2.24, 2.45) is 0 Å². The minimum Gasteiger partial charge on any atom is -0.361 e. The molecule has 0 aromatic carbocycles. The zero-order chi connectivity index (χ0) is 11.4. The molecule has 16 heavy (non-hydrogen) atoms. The van der Waals surface area contributed by atoms with Crippen LogP contribution in [-0.2, 0) is 6.54 Å². The van der Waals surface area contributed by atoms with Crippen molar-refractivity contribution in [3.8, 4) is 0 Å². The third-order valence-corrected chi connectivity index (χ3v) is 3.29. The van der Waals surface area contributed by atoms with Crippen LogP contribution in [0.3, 0.4) is 0 Å². The van der Waals surface area contributed by atoms with Gasteiger partial charge < -0.3 is 14.7 Å². The van der Waals surface area contributed by atoms with Crippen LogP contribution in [0.25, 0.3) is 0 Å². The summed E-state index contributed by atoms with van der Waals surface area (Å²) in [6, 6.07) is 0. The number of aromatic nitrogens is 1. The SMILES string of the molecule is Cc1noc(C)c1CNCCN1CCCC1. The molecule has 0 radical (unpaired) electrons. The lowest BCUT2D eigenvalue weighted by atomic mass is 10.2. The average Bonchev–Trinajstić information content (AvgIpc) is 2.87. The van der Waals surface area contributed by atoms with Crippen molar-refractivity contribution < 1.29 is 4.52 Å².